The Kier molecular flexibility index (Phi) is 15.7. The summed E-state index contributed by atoms with van der Waals surface area (Å²) in [6, 6.07) is 0. The van der Waals surface area contributed by atoms with Crippen LogP contribution in [0.2, 0.25) is 0 Å². The van der Waals surface area contributed by atoms with E-state index in [1.807, 2.05) is 0 Å². The smallest absolute Gasteiger partial charge is 0.187 e. The Labute approximate surface area is 210 Å². The van der Waals surface area contributed by atoms with Gasteiger partial charge in [0.05, 0.1) is 22.8 Å². The summed E-state index contributed by atoms with van der Waals surface area (Å²) in [6.07, 6.45) is 0. The molecule has 0 saturated carbocycles. The molecule has 0 aromatic carbocycles. The van der Waals surface area contributed by atoms with E-state index in [0.717, 1.165) is 0 Å². The van der Waals surface area contributed by atoms with E-state index < -0.39 is 0 Å². The van der Waals surface area contributed by atoms with Crippen LogP contribution in [0.4, 0.5) is 0 Å². The fourth-order valence-electron chi connectivity index (χ4n) is 1.41. The van der Waals surface area contributed by atoms with Crippen LogP contribution in [0.3, 0.4) is 0 Å². The minimum Gasteiger partial charge on any atom is -0.364 e. The van der Waals surface area contributed by atoms with E-state index in [2.05, 4.69) is 63.4 Å². The first-order valence-corrected chi connectivity index (χ1v) is 10.9. The van der Waals surface area contributed by atoms with Gasteiger partial charge >= 0.3 is 0 Å². The average molecular weight is 519 g/mol. The molecule has 0 unspecified atom stereocenters. The molecule has 0 amide bonds. The molecular weight excluding hydrogens is 489 g/mol. The lowest BCUT2D eigenvalue weighted by molar-refractivity contribution is 0.783. The first-order chi connectivity index (χ1) is 15.1. The van der Waals surface area contributed by atoms with Gasteiger partial charge in [-0.15, -0.1) is 0 Å². The van der Waals surface area contributed by atoms with E-state index >= 15 is 0 Å². The van der Waals surface area contributed by atoms with Crippen LogP contribution in [-0.4, -0.2) is 70.5 Å². The first-order valence-electron chi connectivity index (χ1n) is 9.31. The standard InChI is InChI=1S/C16H30N12S4/c1-9(21-25-13(29)17-5)11(3)23-27-15(31)19-7-8-20-16(32)28-24-12(4)10(2)22-26-14(30)18-6/h7-8H2,1-6H3,(H2,17,25,29)(H2,18,26,30)(H2,19,27,31)(H2,20,28,32)/b21-9+,22-10+,23-11+,24-12+. The molecule has 0 aliphatic heterocycles. The topological polar surface area (TPSA) is 146 Å². The monoisotopic (exact) mass is 518 g/mol. The van der Waals surface area contributed by atoms with Crippen molar-refractivity contribution in [3.05, 3.63) is 0 Å². The lowest BCUT2D eigenvalue weighted by Crippen LogP contribution is -2.41. The number of rotatable bonds is 9. The summed E-state index contributed by atoms with van der Waals surface area (Å²) in [4.78, 5) is 0. The highest BCUT2D eigenvalue weighted by atomic mass is 32.1. The average Bonchev–Trinajstić information content (AvgIpc) is 2.79. The molecular formula is C16H30N12S4. The molecule has 0 radical (unpaired) electrons. The molecule has 0 atom stereocenters. The van der Waals surface area contributed by atoms with Crippen LogP contribution in [0.1, 0.15) is 27.7 Å². The Morgan fingerprint density at radius 1 is 0.500 bits per heavy atom. The Morgan fingerprint density at radius 3 is 1.00 bits per heavy atom. The third kappa shape index (κ3) is 14.4. The largest absolute Gasteiger partial charge is 0.364 e. The molecule has 8 N–H and O–H groups in total. The Bertz CT molecular complexity index is 737. The highest BCUT2D eigenvalue weighted by Crippen LogP contribution is 1.84. The molecule has 0 heterocycles. The maximum Gasteiger partial charge on any atom is 0.187 e. The number of thiocarbonyl (C=S) groups is 4. The first kappa shape index (κ1) is 29.4. The van der Waals surface area contributed by atoms with Gasteiger partial charge in [-0.3, -0.25) is 21.7 Å². The third-order valence-corrected chi connectivity index (χ3v) is 4.56. The van der Waals surface area contributed by atoms with Gasteiger partial charge in [-0.1, -0.05) is 0 Å². The van der Waals surface area contributed by atoms with Crippen molar-refractivity contribution in [2.24, 2.45) is 20.4 Å². The van der Waals surface area contributed by atoms with Crippen molar-refractivity contribution in [1.29, 1.82) is 0 Å². The molecule has 0 aromatic rings. The maximum absolute atomic E-state index is 5.18. The molecule has 0 spiro atoms. The summed E-state index contributed by atoms with van der Waals surface area (Å²) in [7, 11) is 3.41. The fourth-order valence-corrected chi connectivity index (χ4v) is 1.79. The van der Waals surface area contributed by atoms with Crippen molar-refractivity contribution >= 4 is 92.2 Å². The number of hydrogen-bond donors (Lipinski definition) is 8. The van der Waals surface area contributed by atoms with E-state index in [9.17, 15) is 0 Å². The summed E-state index contributed by atoms with van der Waals surface area (Å²) >= 11 is 20.3. The van der Waals surface area contributed by atoms with Crippen LogP contribution < -0.4 is 43.0 Å². The minimum atomic E-state index is 0.365. The third-order valence-electron chi connectivity index (χ3n) is 3.50. The summed E-state index contributed by atoms with van der Waals surface area (Å²) < 4.78 is 0. The van der Waals surface area contributed by atoms with E-state index in [1.54, 1.807) is 41.8 Å². The van der Waals surface area contributed by atoms with Crippen LogP contribution >= 0.6 is 48.9 Å². The quantitative estimate of drug-likeness (QED) is 0.0870. The molecule has 0 aliphatic carbocycles. The Hall–Kier alpha value is -2.56. The van der Waals surface area contributed by atoms with Crippen LogP contribution in [0.5, 0.6) is 0 Å². The molecule has 0 aliphatic rings. The van der Waals surface area contributed by atoms with Crippen molar-refractivity contribution in [3.63, 3.8) is 0 Å². The van der Waals surface area contributed by atoms with Gasteiger partial charge < -0.3 is 21.3 Å². The van der Waals surface area contributed by atoms with E-state index in [0.29, 0.717) is 56.4 Å². The predicted octanol–water partition coefficient (Wildman–Crippen LogP) is -0.394. The van der Waals surface area contributed by atoms with Crippen molar-refractivity contribution in [1.82, 2.24) is 43.0 Å². The normalized spacial score (nSPS) is 12.3. The molecule has 0 aromatic heterocycles. The predicted molar refractivity (Wildman–Crippen MR) is 149 cm³/mol. The summed E-state index contributed by atoms with van der Waals surface area (Å²) in [5.74, 6) is 0. The maximum atomic E-state index is 5.18. The number of hydrogen-bond acceptors (Lipinski definition) is 8. The summed E-state index contributed by atoms with van der Waals surface area (Å²) in [6.45, 7) is 8.22. The van der Waals surface area contributed by atoms with Crippen LogP contribution in [-0.2, 0) is 0 Å². The van der Waals surface area contributed by atoms with Crippen LogP contribution in [0.25, 0.3) is 0 Å². The second kappa shape index (κ2) is 17.0. The van der Waals surface area contributed by atoms with Crippen molar-refractivity contribution in [3.8, 4) is 0 Å². The van der Waals surface area contributed by atoms with Gasteiger partial charge in [-0.2, -0.15) is 20.4 Å². The Balaban J connectivity index is 4.25. The highest BCUT2D eigenvalue weighted by molar-refractivity contribution is 7.80. The zero-order valence-corrected chi connectivity index (χ0v) is 22.1. The molecule has 32 heavy (non-hydrogen) atoms. The summed E-state index contributed by atoms with van der Waals surface area (Å²) in [5.41, 5.74) is 13.5. The van der Waals surface area contributed by atoms with Gasteiger partial charge in [0.1, 0.15) is 0 Å². The van der Waals surface area contributed by atoms with Gasteiger partial charge in [-0.05, 0) is 76.6 Å². The second-order valence-electron chi connectivity index (χ2n) is 5.91. The van der Waals surface area contributed by atoms with Gasteiger partial charge in [-0.25, -0.2) is 0 Å². The van der Waals surface area contributed by atoms with E-state index in [1.165, 1.54) is 0 Å². The second-order valence-corrected chi connectivity index (χ2v) is 7.54. The number of nitrogens with zero attached hydrogens (tertiary/aromatic N) is 4. The molecule has 0 bridgehead atoms. The van der Waals surface area contributed by atoms with Gasteiger partial charge in [0.2, 0.25) is 0 Å². The molecule has 0 fully saturated rings. The number of hydrazone groups is 4. The molecule has 0 rings (SSSR count). The summed E-state index contributed by atoms with van der Waals surface area (Å²) in [5, 5.41) is 29.6. The lowest BCUT2D eigenvalue weighted by atomic mass is 10.3. The van der Waals surface area contributed by atoms with Gasteiger partial charge in [0, 0.05) is 27.2 Å². The zero-order valence-electron chi connectivity index (χ0n) is 18.8. The fraction of sp³-hybridized carbons (Fsp3) is 0.500. The molecule has 16 heteroatoms. The van der Waals surface area contributed by atoms with Crippen molar-refractivity contribution in [2.75, 3.05) is 27.2 Å². The van der Waals surface area contributed by atoms with Crippen LogP contribution in [0, 0.1) is 0 Å². The molecule has 12 nitrogen and oxygen atoms in total. The van der Waals surface area contributed by atoms with Gasteiger partial charge in [0.15, 0.2) is 20.4 Å². The van der Waals surface area contributed by atoms with Crippen molar-refractivity contribution in [2.45, 2.75) is 27.7 Å². The molecule has 0 saturated heterocycles. The number of nitrogens with one attached hydrogen (secondary N) is 8. The van der Waals surface area contributed by atoms with Crippen LogP contribution in [0.15, 0.2) is 20.4 Å². The lowest BCUT2D eigenvalue weighted by Gasteiger charge is -2.10. The molecule has 178 valence electrons. The Morgan fingerprint density at radius 2 is 0.750 bits per heavy atom. The minimum absolute atomic E-state index is 0.365. The SMILES string of the molecule is CNC(=S)N/N=C(C)/C(C)=N/NC(=S)NCCNC(=S)N/N=C(C)/C(C)=N/NC(=S)NC. The van der Waals surface area contributed by atoms with Crippen molar-refractivity contribution < 1.29 is 0 Å². The van der Waals surface area contributed by atoms with Gasteiger partial charge in [0.25, 0.3) is 0 Å². The zero-order chi connectivity index (χ0) is 24.5. The highest BCUT2D eigenvalue weighted by Gasteiger charge is 2.01. The van der Waals surface area contributed by atoms with E-state index in [4.69, 9.17) is 48.9 Å². The van der Waals surface area contributed by atoms with E-state index in [-0.39, 0.29) is 0 Å².